The second-order valence-corrected chi connectivity index (χ2v) is 10.5. The van der Waals surface area contributed by atoms with Crippen LogP contribution in [0.1, 0.15) is 36.5 Å². The van der Waals surface area contributed by atoms with Crippen LogP contribution >= 0.6 is 58.0 Å². The van der Waals surface area contributed by atoms with Gasteiger partial charge >= 0.3 is 24.1 Å². The van der Waals surface area contributed by atoms with Crippen molar-refractivity contribution >= 4 is 75.9 Å². The highest BCUT2D eigenvalue weighted by Crippen LogP contribution is 2.40. The zero-order valence-electron chi connectivity index (χ0n) is 17.0. The Balaban J connectivity index is 1.94. The topological polar surface area (TPSA) is 78.9 Å². The first-order chi connectivity index (χ1) is 15.6. The third-order valence-corrected chi connectivity index (χ3v) is 5.36. The zero-order valence-corrected chi connectivity index (χ0v) is 20.8. The minimum absolute atomic E-state index is 0.338. The summed E-state index contributed by atoms with van der Waals surface area (Å²) in [7, 11) is 0. The first-order valence-electron chi connectivity index (χ1n) is 9.42. The third kappa shape index (κ3) is 8.68. The lowest BCUT2D eigenvalue weighted by Crippen LogP contribution is -2.37. The van der Waals surface area contributed by atoms with Gasteiger partial charge in [-0.25, -0.2) is 4.79 Å². The van der Waals surface area contributed by atoms with Gasteiger partial charge in [0.2, 0.25) is 9.90 Å². The predicted octanol–water partition coefficient (Wildman–Crippen LogP) is 6.25. The number of carbonyl (C=O) groups excluding carboxylic acids is 3. The first-order valence-corrected chi connectivity index (χ1v) is 11.3. The van der Waals surface area contributed by atoms with Gasteiger partial charge in [0.25, 0.3) is 0 Å². The minimum Gasteiger partial charge on any atom is -0.461 e. The SMILES string of the molecule is C=C(CC(=O)OC1CCc2c(Cl)cc(Cl)cc21)C(=O)OC(CC(=O)OCC(Cl)(Cl)Cl)C(F)(F)F. The Morgan fingerprint density at radius 2 is 1.76 bits per heavy atom. The Kier molecular flexibility index (Phi) is 9.81. The number of hydrogen-bond donors (Lipinski definition) is 0. The van der Waals surface area contributed by atoms with Crippen LogP contribution in [0.4, 0.5) is 13.2 Å². The van der Waals surface area contributed by atoms with Gasteiger partial charge in [0.05, 0.1) is 12.8 Å². The van der Waals surface area contributed by atoms with Gasteiger partial charge < -0.3 is 14.2 Å². The van der Waals surface area contributed by atoms with Crippen LogP contribution in [-0.4, -0.2) is 40.6 Å². The van der Waals surface area contributed by atoms with Crippen molar-refractivity contribution in [2.45, 2.75) is 47.9 Å². The summed E-state index contributed by atoms with van der Waals surface area (Å²) in [4.78, 5) is 35.9. The summed E-state index contributed by atoms with van der Waals surface area (Å²) in [5.74, 6) is -3.91. The Morgan fingerprint density at radius 1 is 1.12 bits per heavy atom. The molecule has 1 aromatic rings. The van der Waals surface area contributed by atoms with Gasteiger partial charge in [0.1, 0.15) is 12.7 Å². The van der Waals surface area contributed by atoms with Gasteiger partial charge in [-0.2, -0.15) is 13.2 Å². The largest absolute Gasteiger partial charge is 0.461 e. The van der Waals surface area contributed by atoms with E-state index in [-0.39, 0.29) is 0 Å². The maximum absolute atomic E-state index is 13.2. The van der Waals surface area contributed by atoms with Gasteiger partial charge in [-0.1, -0.05) is 64.6 Å². The van der Waals surface area contributed by atoms with Crippen molar-refractivity contribution in [3.05, 3.63) is 45.5 Å². The summed E-state index contributed by atoms with van der Waals surface area (Å²) in [6, 6.07) is 3.14. The number of esters is 3. The van der Waals surface area contributed by atoms with Crippen molar-refractivity contribution in [2.75, 3.05) is 6.61 Å². The second kappa shape index (κ2) is 11.6. The molecule has 0 heterocycles. The van der Waals surface area contributed by atoms with Crippen LogP contribution in [0.2, 0.25) is 10.0 Å². The molecule has 0 amide bonds. The van der Waals surface area contributed by atoms with E-state index in [9.17, 15) is 27.6 Å². The molecule has 0 radical (unpaired) electrons. The molecular weight excluding hydrogens is 570 g/mol. The van der Waals surface area contributed by atoms with E-state index in [2.05, 4.69) is 16.1 Å². The molecule has 1 aliphatic carbocycles. The molecule has 2 atom stereocenters. The number of alkyl halides is 6. The molecule has 34 heavy (non-hydrogen) atoms. The summed E-state index contributed by atoms with van der Waals surface area (Å²) in [6.45, 7) is 2.46. The van der Waals surface area contributed by atoms with Crippen LogP contribution in [-0.2, 0) is 35.0 Å². The molecule has 2 unspecified atom stereocenters. The molecule has 6 nitrogen and oxygen atoms in total. The fraction of sp³-hybridized carbons (Fsp3) is 0.450. The van der Waals surface area contributed by atoms with Gasteiger partial charge in [0.15, 0.2) is 0 Å². The lowest BCUT2D eigenvalue weighted by Gasteiger charge is -2.21. The number of rotatable bonds is 8. The molecule has 0 spiro atoms. The molecule has 1 aromatic carbocycles. The number of benzene rings is 1. The third-order valence-electron chi connectivity index (χ3n) is 4.48. The highest BCUT2D eigenvalue weighted by atomic mass is 35.6. The Hall–Kier alpha value is -1.39. The Bertz CT molecular complexity index is 977. The van der Waals surface area contributed by atoms with Crippen LogP contribution in [0.3, 0.4) is 0 Å². The van der Waals surface area contributed by atoms with E-state index < -0.39 is 65.1 Å². The van der Waals surface area contributed by atoms with Gasteiger partial charge in [-0.05, 0) is 36.1 Å². The Morgan fingerprint density at radius 3 is 2.35 bits per heavy atom. The number of ether oxygens (including phenoxy) is 3. The standard InChI is InChI=1S/C20H16Cl5F3O6/c1-9(4-17(30)33-14-3-2-11-12(14)5-10(21)6-13(11)22)18(31)34-15(20(26,27)28)7-16(29)32-8-19(23,24)25/h5-6,14-15H,1-4,7-8H2. The number of fused-ring (bicyclic) bond motifs is 1. The van der Waals surface area contributed by atoms with E-state index in [1.54, 1.807) is 12.1 Å². The minimum atomic E-state index is -5.12. The van der Waals surface area contributed by atoms with E-state index in [0.717, 1.165) is 5.56 Å². The molecule has 0 aliphatic heterocycles. The molecule has 0 saturated carbocycles. The lowest BCUT2D eigenvalue weighted by atomic mass is 10.1. The molecule has 0 saturated heterocycles. The number of carbonyl (C=O) groups is 3. The van der Waals surface area contributed by atoms with E-state index >= 15 is 0 Å². The highest BCUT2D eigenvalue weighted by molar-refractivity contribution is 6.67. The lowest BCUT2D eigenvalue weighted by molar-refractivity contribution is -0.222. The van der Waals surface area contributed by atoms with Crippen LogP contribution in [0.25, 0.3) is 0 Å². The fourth-order valence-electron chi connectivity index (χ4n) is 2.98. The molecular formula is C20H16Cl5F3O6. The van der Waals surface area contributed by atoms with Crippen LogP contribution in [0, 0.1) is 0 Å². The zero-order chi connectivity index (χ0) is 25.8. The van der Waals surface area contributed by atoms with Crippen molar-refractivity contribution in [1.82, 2.24) is 0 Å². The summed E-state index contributed by atoms with van der Waals surface area (Å²) in [5.41, 5.74) is 0.748. The summed E-state index contributed by atoms with van der Waals surface area (Å²) in [5, 5.41) is 0.754. The first kappa shape index (κ1) is 28.8. The molecule has 0 N–H and O–H groups in total. The van der Waals surface area contributed by atoms with E-state index in [0.29, 0.717) is 28.5 Å². The second-order valence-electron chi connectivity index (χ2n) is 7.17. The smallest absolute Gasteiger partial charge is 0.426 e. The summed E-state index contributed by atoms with van der Waals surface area (Å²) in [6.07, 6.45) is -9.91. The molecule has 0 fully saturated rings. The summed E-state index contributed by atoms with van der Waals surface area (Å²) >= 11 is 28.2. The fourth-order valence-corrected chi connectivity index (χ4v) is 3.75. The van der Waals surface area contributed by atoms with Crippen molar-refractivity contribution in [3.63, 3.8) is 0 Å². The number of hydrogen-bond acceptors (Lipinski definition) is 6. The monoisotopic (exact) mass is 584 g/mol. The van der Waals surface area contributed by atoms with Crippen molar-refractivity contribution < 1.29 is 41.8 Å². The highest BCUT2D eigenvalue weighted by Gasteiger charge is 2.45. The van der Waals surface area contributed by atoms with Crippen molar-refractivity contribution in [2.24, 2.45) is 0 Å². The quantitative estimate of drug-likeness (QED) is 0.155. The van der Waals surface area contributed by atoms with E-state index in [4.69, 9.17) is 62.7 Å². The molecule has 14 heteroatoms. The normalized spacial score (nSPS) is 16.4. The molecule has 0 aromatic heterocycles. The van der Waals surface area contributed by atoms with Crippen LogP contribution in [0.15, 0.2) is 24.3 Å². The van der Waals surface area contributed by atoms with E-state index in [1.807, 2.05) is 0 Å². The average Bonchev–Trinajstić information content (AvgIpc) is 3.07. The maximum atomic E-state index is 13.2. The van der Waals surface area contributed by atoms with Gasteiger partial charge in [-0.3, -0.25) is 9.59 Å². The summed E-state index contributed by atoms with van der Waals surface area (Å²) < 4.78 is 51.7. The van der Waals surface area contributed by atoms with Gasteiger partial charge in [-0.15, -0.1) is 0 Å². The number of halogens is 8. The van der Waals surface area contributed by atoms with Crippen LogP contribution < -0.4 is 0 Å². The predicted molar refractivity (Wildman–Crippen MR) is 119 cm³/mol. The molecule has 1 aliphatic rings. The van der Waals surface area contributed by atoms with Crippen LogP contribution in [0.5, 0.6) is 0 Å². The van der Waals surface area contributed by atoms with Crippen molar-refractivity contribution in [3.8, 4) is 0 Å². The maximum Gasteiger partial charge on any atom is 0.426 e. The van der Waals surface area contributed by atoms with Crippen molar-refractivity contribution in [1.29, 1.82) is 0 Å². The molecule has 188 valence electrons. The van der Waals surface area contributed by atoms with Gasteiger partial charge in [0, 0.05) is 15.6 Å². The Labute approximate surface area is 217 Å². The van der Waals surface area contributed by atoms with E-state index in [1.165, 1.54) is 0 Å². The molecule has 2 rings (SSSR count). The molecule has 0 bridgehead atoms. The average molecular weight is 587 g/mol.